The average Bonchev–Trinajstić information content (AvgIpc) is 2.46. The Kier molecular flexibility index (Phi) is 5.38. The van der Waals surface area contributed by atoms with Gasteiger partial charge < -0.3 is 5.32 Å². The minimum Gasteiger partial charge on any atom is -0.321 e. The largest absolute Gasteiger partial charge is 0.321 e. The molecule has 0 saturated carbocycles. The molecule has 0 aliphatic heterocycles. The molecule has 2 aromatic rings. The molecule has 1 aromatic carbocycles. The van der Waals surface area contributed by atoms with Crippen molar-refractivity contribution in [2.45, 2.75) is 4.90 Å². The zero-order valence-electron chi connectivity index (χ0n) is 10.7. The van der Waals surface area contributed by atoms with Crippen molar-refractivity contribution in [3.63, 3.8) is 0 Å². The van der Waals surface area contributed by atoms with Crippen molar-refractivity contribution in [3.05, 3.63) is 65.4 Å². The number of carbonyl (C=O) groups is 1. The molecule has 0 aliphatic rings. The molecule has 0 spiro atoms. The third kappa shape index (κ3) is 3.95. The summed E-state index contributed by atoms with van der Waals surface area (Å²) in [6.45, 7) is 3.70. The lowest BCUT2D eigenvalue weighted by Gasteiger charge is -2.10. The molecule has 1 heterocycles. The minimum absolute atomic E-state index is 0.153. The predicted octanol–water partition coefficient (Wildman–Crippen LogP) is 4.37. The summed E-state index contributed by atoms with van der Waals surface area (Å²) in [5.41, 5.74) is 1.37. The molecule has 0 fully saturated rings. The fourth-order valence-electron chi connectivity index (χ4n) is 1.58. The van der Waals surface area contributed by atoms with Gasteiger partial charge in [0.25, 0.3) is 5.91 Å². The second-order valence-electron chi connectivity index (χ2n) is 3.92. The number of thioether (sulfide) groups is 1. The summed E-state index contributed by atoms with van der Waals surface area (Å²) in [7, 11) is 0. The van der Waals surface area contributed by atoms with Gasteiger partial charge in [-0.15, -0.1) is 18.3 Å². The number of nitrogens with one attached hydrogen (secondary N) is 1. The SMILES string of the molecule is C=CCSc1ccccc1NC(=O)c1ccnc(Br)c1. The number of nitrogens with zero attached hydrogens (tertiary/aromatic N) is 1. The summed E-state index contributed by atoms with van der Waals surface area (Å²) in [6, 6.07) is 11.1. The van der Waals surface area contributed by atoms with Crippen molar-refractivity contribution in [3.8, 4) is 0 Å². The van der Waals surface area contributed by atoms with E-state index >= 15 is 0 Å². The number of rotatable bonds is 5. The summed E-state index contributed by atoms with van der Waals surface area (Å²) in [5.74, 6) is 0.646. The molecular formula is C15H13BrN2OS. The highest BCUT2D eigenvalue weighted by atomic mass is 79.9. The van der Waals surface area contributed by atoms with Crippen molar-refractivity contribution >= 4 is 39.3 Å². The Morgan fingerprint density at radius 2 is 2.20 bits per heavy atom. The van der Waals surface area contributed by atoms with E-state index in [1.165, 1.54) is 0 Å². The zero-order chi connectivity index (χ0) is 14.4. The van der Waals surface area contributed by atoms with Crippen LogP contribution >= 0.6 is 27.7 Å². The molecular weight excluding hydrogens is 336 g/mol. The van der Waals surface area contributed by atoms with E-state index in [0.29, 0.717) is 10.2 Å². The van der Waals surface area contributed by atoms with Crippen molar-refractivity contribution in [2.24, 2.45) is 0 Å². The van der Waals surface area contributed by atoms with Crippen LogP contribution in [0.5, 0.6) is 0 Å². The Labute approximate surface area is 130 Å². The number of carbonyl (C=O) groups excluding carboxylic acids is 1. The normalized spacial score (nSPS) is 10.1. The van der Waals surface area contributed by atoms with Gasteiger partial charge >= 0.3 is 0 Å². The second kappa shape index (κ2) is 7.26. The molecule has 5 heteroatoms. The van der Waals surface area contributed by atoms with Gasteiger partial charge in [0.15, 0.2) is 0 Å². The number of aromatic nitrogens is 1. The molecule has 2 rings (SSSR count). The van der Waals surface area contributed by atoms with Gasteiger partial charge in [0, 0.05) is 22.4 Å². The number of halogens is 1. The molecule has 1 aromatic heterocycles. The fraction of sp³-hybridized carbons (Fsp3) is 0.0667. The van der Waals surface area contributed by atoms with E-state index in [9.17, 15) is 4.79 Å². The first-order valence-electron chi connectivity index (χ1n) is 5.96. The Bertz CT molecular complexity index is 631. The smallest absolute Gasteiger partial charge is 0.255 e. The highest BCUT2D eigenvalue weighted by Crippen LogP contribution is 2.27. The topological polar surface area (TPSA) is 42.0 Å². The van der Waals surface area contributed by atoms with Crippen LogP contribution in [0, 0.1) is 0 Å². The van der Waals surface area contributed by atoms with Crippen molar-refractivity contribution in [2.75, 3.05) is 11.1 Å². The first-order chi connectivity index (χ1) is 9.70. The Morgan fingerprint density at radius 1 is 1.40 bits per heavy atom. The van der Waals surface area contributed by atoms with Gasteiger partial charge in [0.1, 0.15) is 4.60 Å². The Balaban J connectivity index is 2.17. The highest BCUT2D eigenvalue weighted by Gasteiger charge is 2.09. The zero-order valence-corrected chi connectivity index (χ0v) is 13.1. The number of benzene rings is 1. The first-order valence-corrected chi connectivity index (χ1v) is 7.74. The summed E-state index contributed by atoms with van der Waals surface area (Å²) in [6.07, 6.45) is 3.43. The van der Waals surface area contributed by atoms with Crippen LogP contribution in [0.4, 0.5) is 5.69 Å². The average molecular weight is 349 g/mol. The van der Waals surface area contributed by atoms with E-state index in [-0.39, 0.29) is 5.91 Å². The second-order valence-corrected chi connectivity index (χ2v) is 5.79. The maximum atomic E-state index is 12.2. The third-order valence-corrected chi connectivity index (χ3v) is 3.98. The summed E-state index contributed by atoms with van der Waals surface area (Å²) in [5, 5.41) is 2.92. The van der Waals surface area contributed by atoms with Crippen LogP contribution in [0.1, 0.15) is 10.4 Å². The molecule has 3 nitrogen and oxygen atoms in total. The summed E-state index contributed by atoms with van der Waals surface area (Å²) < 4.78 is 0.638. The van der Waals surface area contributed by atoms with Crippen LogP contribution in [0.2, 0.25) is 0 Å². The maximum Gasteiger partial charge on any atom is 0.255 e. The molecule has 0 aliphatic carbocycles. The van der Waals surface area contributed by atoms with Gasteiger partial charge in [-0.05, 0) is 40.2 Å². The number of hydrogen-bond donors (Lipinski definition) is 1. The van der Waals surface area contributed by atoms with Crippen LogP contribution in [0.25, 0.3) is 0 Å². The predicted molar refractivity (Wildman–Crippen MR) is 87.3 cm³/mol. The van der Waals surface area contributed by atoms with Gasteiger partial charge in [-0.25, -0.2) is 4.98 Å². The van der Waals surface area contributed by atoms with E-state index in [4.69, 9.17) is 0 Å². The summed E-state index contributed by atoms with van der Waals surface area (Å²) >= 11 is 4.89. The number of amides is 1. The van der Waals surface area contributed by atoms with Gasteiger partial charge in [0.05, 0.1) is 5.69 Å². The Hall–Kier alpha value is -1.59. The number of para-hydroxylation sites is 1. The van der Waals surface area contributed by atoms with Crippen molar-refractivity contribution < 1.29 is 4.79 Å². The molecule has 1 amide bonds. The molecule has 0 unspecified atom stereocenters. The van der Waals surface area contributed by atoms with E-state index in [1.807, 2.05) is 30.3 Å². The molecule has 0 atom stereocenters. The lowest BCUT2D eigenvalue weighted by Crippen LogP contribution is -2.12. The quantitative estimate of drug-likeness (QED) is 0.495. The minimum atomic E-state index is -0.153. The summed E-state index contributed by atoms with van der Waals surface area (Å²) in [4.78, 5) is 17.2. The van der Waals surface area contributed by atoms with Crippen LogP contribution in [-0.2, 0) is 0 Å². The lowest BCUT2D eigenvalue weighted by atomic mass is 10.2. The van der Waals surface area contributed by atoms with E-state index in [2.05, 4.69) is 32.8 Å². The van der Waals surface area contributed by atoms with Crippen LogP contribution in [0.15, 0.2) is 64.7 Å². The van der Waals surface area contributed by atoms with Crippen molar-refractivity contribution in [1.82, 2.24) is 4.98 Å². The lowest BCUT2D eigenvalue weighted by molar-refractivity contribution is 0.102. The van der Waals surface area contributed by atoms with Crippen LogP contribution in [-0.4, -0.2) is 16.6 Å². The van der Waals surface area contributed by atoms with Gasteiger partial charge in [-0.3, -0.25) is 4.79 Å². The van der Waals surface area contributed by atoms with Gasteiger partial charge in [-0.2, -0.15) is 0 Å². The molecule has 20 heavy (non-hydrogen) atoms. The molecule has 0 bridgehead atoms. The number of hydrogen-bond acceptors (Lipinski definition) is 3. The van der Waals surface area contributed by atoms with E-state index in [0.717, 1.165) is 16.3 Å². The van der Waals surface area contributed by atoms with E-state index in [1.54, 1.807) is 30.1 Å². The van der Waals surface area contributed by atoms with Crippen LogP contribution in [0.3, 0.4) is 0 Å². The Morgan fingerprint density at radius 3 is 2.95 bits per heavy atom. The van der Waals surface area contributed by atoms with Gasteiger partial charge in [0.2, 0.25) is 0 Å². The molecule has 102 valence electrons. The van der Waals surface area contributed by atoms with Gasteiger partial charge in [-0.1, -0.05) is 18.2 Å². The third-order valence-electron chi connectivity index (χ3n) is 2.48. The fourth-order valence-corrected chi connectivity index (χ4v) is 2.69. The molecule has 0 saturated heterocycles. The number of anilines is 1. The van der Waals surface area contributed by atoms with E-state index < -0.39 is 0 Å². The maximum absolute atomic E-state index is 12.2. The monoisotopic (exact) mass is 348 g/mol. The number of pyridine rings is 1. The molecule has 0 radical (unpaired) electrons. The van der Waals surface area contributed by atoms with Crippen LogP contribution < -0.4 is 5.32 Å². The first kappa shape index (κ1) is 14.8. The standard InChI is InChI=1S/C15H13BrN2OS/c1-2-9-20-13-6-4-3-5-12(13)18-15(19)11-7-8-17-14(16)10-11/h2-8,10H,1,9H2,(H,18,19). The van der Waals surface area contributed by atoms with Crippen molar-refractivity contribution in [1.29, 1.82) is 0 Å². The molecule has 1 N–H and O–H groups in total. The highest BCUT2D eigenvalue weighted by molar-refractivity contribution is 9.10.